The third-order valence-corrected chi connectivity index (χ3v) is 6.21. The Labute approximate surface area is 158 Å². The summed E-state index contributed by atoms with van der Waals surface area (Å²) in [4.78, 5) is 32.4. The molecule has 7 nitrogen and oxygen atoms in total. The molecule has 2 fully saturated rings. The summed E-state index contributed by atoms with van der Waals surface area (Å²) in [6, 6.07) is 5.49. The topological polar surface area (TPSA) is 78.2 Å². The molecule has 0 saturated carbocycles. The molecule has 4 heterocycles. The van der Waals surface area contributed by atoms with Gasteiger partial charge in [-0.05, 0) is 50.3 Å². The number of likely N-dealkylation sites (tertiary alicyclic amines) is 2. The van der Waals surface area contributed by atoms with Gasteiger partial charge >= 0.3 is 5.97 Å². The Morgan fingerprint density at radius 1 is 1.30 bits per heavy atom. The van der Waals surface area contributed by atoms with Crippen LogP contribution in [0.1, 0.15) is 31.4 Å². The highest BCUT2D eigenvalue weighted by atomic mass is 16.4. The van der Waals surface area contributed by atoms with Crippen molar-refractivity contribution in [3.05, 3.63) is 36.3 Å². The number of carbonyl (C=O) groups excluding carboxylic acids is 1. The van der Waals surface area contributed by atoms with Gasteiger partial charge in [0.2, 0.25) is 5.91 Å². The molecule has 4 rings (SSSR count). The van der Waals surface area contributed by atoms with Crippen molar-refractivity contribution >= 4 is 17.5 Å². The number of likely N-dealkylation sites (N-methyl/N-ethyl adjacent to an activating group) is 1. The molecule has 2 aliphatic heterocycles. The van der Waals surface area contributed by atoms with Crippen LogP contribution in [0.4, 0.5) is 0 Å². The number of carbonyl (C=O) groups is 2. The van der Waals surface area contributed by atoms with Gasteiger partial charge < -0.3 is 14.4 Å². The van der Waals surface area contributed by atoms with E-state index >= 15 is 0 Å². The Morgan fingerprint density at radius 3 is 2.74 bits per heavy atom. The van der Waals surface area contributed by atoms with E-state index in [1.165, 1.54) is 0 Å². The summed E-state index contributed by atoms with van der Waals surface area (Å²) in [7, 11) is 1.89. The Hall–Kier alpha value is -2.41. The average Bonchev–Trinajstić information content (AvgIpc) is 3.21. The number of aryl methyl sites for hydroxylation is 1. The lowest BCUT2D eigenvalue weighted by Crippen LogP contribution is -2.44. The maximum absolute atomic E-state index is 12.6. The van der Waals surface area contributed by atoms with Gasteiger partial charge in [-0.2, -0.15) is 0 Å². The zero-order chi connectivity index (χ0) is 19.0. The Morgan fingerprint density at radius 2 is 2.07 bits per heavy atom. The van der Waals surface area contributed by atoms with Crippen molar-refractivity contribution in [1.29, 1.82) is 0 Å². The number of pyridine rings is 1. The predicted octanol–water partition coefficient (Wildman–Crippen LogP) is 1.66. The quantitative estimate of drug-likeness (QED) is 0.886. The number of nitrogens with zero attached hydrogens (tertiary/aromatic N) is 4. The summed E-state index contributed by atoms with van der Waals surface area (Å²) in [5.41, 5.74) is 1.89. The van der Waals surface area contributed by atoms with Gasteiger partial charge in [-0.25, -0.2) is 4.98 Å². The monoisotopic (exact) mass is 370 g/mol. The highest BCUT2D eigenvalue weighted by Gasteiger charge is 2.47. The molecule has 7 heteroatoms. The number of aromatic nitrogens is 2. The number of rotatable bonds is 4. The van der Waals surface area contributed by atoms with E-state index in [9.17, 15) is 14.7 Å². The Bertz CT molecular complexity index is 821. The van der Waals surface area contributed by atoms with Crippen LogP contribution in [0.3, 0.4) is 0 Å². The van der Waals surface area contributed by atoms with Crippen LogP contribution >= 0.6 is 0 Å². The largest absolute Gasteiger partial charge is 0.480 e. The van der Waals surface area contributed by atoms with E-state index < -0.39 is 5.97 Å². The highest BCUT2D eigenvalue weighted by Crippen LogP contribution is 2.42. The lowest BCUT2D eigenvalue weighted by atomic mass is 9.76. The van der Waals surface area contributed by atoms with Gasteiger partial charge in [0.15, 0.2) is 0 Å². The average molecular weight is 370 g/mol. The van der Waals surface area contributed by atoms with Crippen molar-refractivity contribution in [2.45, 2.75) is 38.1 Å². The van der Waals surface area contributed by atoms with E-state index in [0.717, 1.165) is 43.8 Å². The van der Waals surface area contributed by atoms with Crippen molar-refractivity contribution in [3.63, 3.8) is 0 Å². The molecule has 0 bridgehead atoms. The molecule has 144 valence electrons. The van der Waals surface area contributed by atoms with Crippen LogP contribution in [-0.4, -0.2) is 68.9 Å². The van der Waals surface area contributed by atoms with Crippen molar-refractivity contribution in [3.8, 4) is 0 Å². The van der Waals surface area contributed by atoms with Crippen LogP contribution in [-0.2, 0) is 16.0 Å². The van der Waals surface area contributed by atoms with E-state index in [0.29, 0.717) is 19.3 Å². The fourth-order valence-electron chi connectivity index (χ4n) is 4.64. The predicted molar refractivity (Wildman–Crippen MR) is 100 cm³/mol. The number of amides is 1. The van der Waals surface area contributed by atoms with Crippen LogP contribution in [0.5, 0.6) is 0 Å². The van der Waals surface area contributed by atoms with E-state index in [4.69, 9.17) is 0 Å². The standard InChI is InChI=1S/C20H26N4O3/c1-22-14-20(12-16(22)19(26)27)7-10-23(11-8-20)18(25)6-5-15-13-24-9-3-2-4-17(24)21-15/h2-4,9,13,16H,5-8,10-12,14H2,1H3,(H,26,27)/t16-/m0/s1. The van der Waals surface area contributed by atoms with Crippen LogP contribution in [0, 0.1) is 5.41 Å². The molecule has 0 aliphatic carbocycles. The molecule has 0 unspecified atom stereocenters. The fraction of sp³-hybridized carbons (Fsp3) is 0.550. The molecule has 0 aromatic carbocycles. The summed E-state index contributed by atoms with van der Waals surface area (Å²) >= 11 is 0. The number of imidazole rings is 1. The Kier molecular flexibility index (Phi) is 4.63. The number of piperidine rings is 1. The number of carboxylic acids is 1. The third-order valence-electron chi connectivity index (χ3n) is 6.21. The first-order valence-corrected chi connectivity index (χ1v) is 9.59. The second kappa shape index (κ2) is 6.96. The molecule has 2 aromatic heterocycles. The number of aliphatic carboxylic acids is 1. The molecule has 1 atom stereocenters. The van der Waals surface area contributed by atoms with Gasteiger partial charge in [0.05, 0.1) is 5.69 Å². The summed E-state index contributed by atoms with van der Waals surface area (Å²) in [5.74, 6) is -0.566. The normalized spacial score (nSPS) is 22.6. The van der Waals surface area contributed by atoms with Gasteiger partial charge in [0, 0.05) is 38.4 Å². The van der Waals surface area contributed by atoms with Gasteiger partial charge in [0.1, 0.15) is 11.7 Å². The van der Waals surface area contributed by atoms with E-state index in [-0.39, 0.29) is 17.4 Å². The first-order chi connectivity index (χ1) is 13.0. The molecular formula is C20H26N4O3. The molecule has 2 aliphatic rings. The van der Waals surface area contributed by atoms with Gasteiger partial charge in [-0.1, -0.05) is 6.07 Å². The SMILES string of the molecule is CN1CC2(CCN(C(=O)CCc3cn4ccccc4n3)CC2)C[C@H]1C(=O)O. The Balaban J connectivity index is 1.30. The lowest BCUT2D eigenvalue weighted by Gasteiger charge is -2.39. The first-order valence-electron chi connectivity index (χ1n) is 9.59. The molecule has 0 radical (unpaired) electrons. The molecule has 1 spiro atoms. The summed E-state index contributed by atoms with van der Waals surface area (Å²) in [6.45, 7) is 2.27. The van der Waals surface area contributed by atoms with E-state index in [1.54, 1.807) is 0 Å². The molecule has 1 amide bonds. The summed E-state index contributed by atoms with van der Waals surface area (Å²) in [6.07, 6.45) is 7.53. The molecular weight excluding hydrogens is 344 g/mol. The highest BCUT2D eigenvalue weighted by molar-refractivity contribution is 5.76. The zero-order valence-corrected chi connectivity index (χ0v) is 15.7. The van der Waals surface area contributed by atoms with Crippen molar-refractivity contribution in [1.82, 2.24) is 19.2 Å². The number of fused-ring (bicyclic) bond motifs is 1. The summed E-state index contributed by atoms with van der Waals surface area (Å²) < 4.78 is 1.97. The van der Waals surface area contributed by atoms with Crippen LogP contribution in [0.25, 0.3) is 5.65 Å². The van der Waals surface area contributed by atoms with E-state index in [1.807, 2.05) is 51.8 Å². The fourth-order valence-corrected chi connectivity index (χ4v) is 4.64. The van der Waals surface area contributed by atoms with Gasteiger partial charge in [-0.3, -0.25) is 14.5 Å². The first kappa shape index (κ1) is 18.0. The summed E-state index contributed by atoms with van der Waals surface area (Å²) in [5, 5.41) is 9.35. The van der Waals surface area contributed by atoms with Crippen LogP contribution in [0.15, 0.2) is 30.6 Å². The lowest BCUT2D eigenvalue weighted by molar-refractivity contribution is -0.142. The number of hydrogen-bond acceptors (Lipinski definition) is 4. The molecule has 2 saturated heterocycles. The molecule has 1 N–H and O–H groups in total. The smallest absolute Gasteiger partial charge is 0.320 e. The second-order valence-corrected chi connectivity index (χ2v) is 8.05. The molecule has 27 heavy (non-hydrogen) atoms. The van der Waals surface area contributed by atoms with Crippen molar-refractivity contribution in [2.75, 3.05) is 26.7 Å². The zero-order valence-electron chi connectivity index (χ0n) is 15.7. The maximum atomic E-state index is 12.6. The van der Waals surface area contributed by atoms with Crippen LogP contribution in [0.2, 0.25) is 0 Å². The van der Waals surface area contributed by atoms with Crippen molar-refractivity contribution < 1.29 is 14.7 Å². The second-order valence-electron chi connectivity index (χ2n) is 8.05. The number of hydrogen-bond donors (Lipinski definition) is 1. The minimum atomic E-state index is -0.736. The minimum absolute atomic E-state index is 0.0518. The van der Waals surface area contributed by atoms with Crippen molar-refractivity contribution in [2.24, 2.45) is 5.41 Å². The van der Waals surface area contributed by atoms with Gasteiger partial charge in [0.25, 0.3) is 0 Å². The number of carboxylic acid groups (broad SMARTS) is 1. The maximum Gasteiger partial charge on any atom is 0.320 e. The third kappa shape index (κ3) is 3.56. The molecule has 2 aromatic rings. The van der Waals surface area contributed by atoms with E-state index in [2.05, 4.69) is 4.98 Å². The van der Waals surface area contributed by atoms with Gasteiger partial charge in [-0.15, -0.1) is 0 Å². The minimum Gasteiger partial charge on any atom is -0.480 e. The van der Waals surface area contributed by atoms with Crippen LogP contribution < -0.4 is 0 Å².